The molecule has 0 fully saturated rings. The maximum atomic E-state index is 13.5. The van der Waals surface area contributed by atoms with E-state index in [4.69, 9.17) is 9.84 Å². The summed E-state index contributed by atoms with van der Waals surface area (Å²) in [7, 11) is 1.38. The van der Waals surface area contributed by atoms with Crippen LogP contribution in [0, 0.1) is 5.82 Å². The monoisotopic (exact) mass is 311 g/mol. The highest BCUT2D eigenvalue weighted by Crippen LogP contribution is 2.18. The van der Waals surface area contributed by atoms with E-state index in [0.717, 1.165) is 12.8 Å². The average molecular weight is 311 g/mol. The Hall–Kier alpha value is -2.11. The summed E-state index contributed by atoms with van der Waals surface area (Å²) in [5, 5.41) is 11.6. The van der Waals surface area contributed by atoms with Crippen molar-refractivity contribution in [3.05, 3.63) is 29.6 Å². The van der Waals surface area contributed by atoms with Gasteiger partial charge in [0.25, 0.3) is 0 Å². The van der Waals surface area contributed by atoms with Crippen molar-refractivity contribution < 1.29 is 23.8 Å². The number of hydrogen-bond donors (Lipinski definition) is 2. The number of aryl methyl sites for hydroxylation is 1. The van der Waals surface area contributed by atoms with Crippen molar-refractivity contribution in [3.63, 3.8) is 0 Å². The fraction of sp³-hybridized carbons (Fsp3) is 0.500. The highest BCUT2D eigenvalue weighted by Gasteiger charge is 2.18. The van der Waals surface area contributed by atoms with Crippen LogP contribution in [0.5, 0.6) is 5.75 Å². The van der Waals surface area contributed by atoms with E-state index >= 15 is 0 Å². The van der Waals surface area contributed by atoms with Gasteiger partial charge in [0.1, 0.15) is 6.04 Å². The molecule has 1 aromatic carbocycles. The van der Waals surface area contributed by atoms with Gasteiger partial charge in [-0.25, -0.2) is 9.18 Å². The van der Waals surface area contributed by atoms with Gasteiger partial charge in [-0.05, 0) is 30.5 Å². The van der Waals surface area contributed by atoms with Crippen LogP contribution in [0.4, 0.5) is 4.39 Å². The number of carbonyl (C=O) groups excluding carboxylic acids is 1. The van der Waals surface area contributed by atoms with Crippen LogP contribution >= 0.6 is 0 Å². The zero-order valence-electron chi connectivity index (χ0n) is 12.9. The van der Waals surface area contributed by atoms with Gasteiger partial charge in [0, 0.05) is 6.42 Å². The Bertz CT molecular complexity index is 519. The topological polar surface area (TPSA) is 75.6 Å². The Balaban J connectivity index is 2.51. The summed E-state index contributed by atoms with van der Waals surface area (Å²) < 4.78 is 18.3. The zero-order chi connectivity index (χ0) is 16.5. The highest BCUT2D eigenvalue weighted by atomic mass is 19.1. The van der Waals surface area contributed by atoms with E-state index in [1.165, 1.54) is 19.2 Å². The number of benzene rings is 1. The molecule has 0 radical (unpaired) electrons. The van der Waals surface area contributed by atoms with Gasteiger partial charge in [-0.2, -0.15) is 0 Å². The molecule has 0 aliphatic rings. The number of amides is 1. The minimum Gasteiger partial charge on any atom is -0.494 e. The standard InChI is InChI=1S/C16H22FNO4/c1-3-4-5-13(16(20)21)18-15(19)9-7-11-6-8-14(22-2)12(17)10-11/h6,8,10,13H,3-5,7,9H2,1-2H3,(H,18,19)(H,20,21)/t13-/m0/s1. The molecule has 0 unspecified atom stereocenters. The van der Waals surface area contributed by atoms with Crippen molar-refractivity contribution in [1.82, 2.24) is 5.32 Å². The fourth-order valence-electron chi connectivity index (χ4n) is 2.06. The first kappa shape index (κ1) is 17.9. The molecule has 0 saturated heterocycles. The first-order valence-corrected chi connectivity index (χ1v) is 7.32. The molecule has 22 heavy (non-hydrogen) atoms. The average Bonchev–Trinajstić information content (AvgIpc) is 2.49. The molecule has 6 heteroatoms. The maximum Gasteiger partial charge on any atom is 0.326 e. The van der Waals surface area contributed by atoms with E-state index in [1.54, 1.807) is 6.07 Å². The lowest BCUT2D eigenvalue weighted by atomic mass is 10.1. The summed E-state index contributed by atoms with van der Waals surface area (Å²) in [4.78, 5) is 22.9. The maximum absolute atomic E-state index is 13.5. The summed E-state index contributed by atoms with van der Waals surface area (Å²) in [6.07, 6.45) is 2.47. The second kappa shape index (κ2) is 9.02. The first-order valence-electron chi connectivity index (χ1n) is 7.32. The molecule has 0 saturated carbocycles. The molecule has 1 rings (SSSR count). The van der Waals surface area contributed by atoms with Crippen LogP contribution in [-0.2, 0) is 16.0 Å². The first-order chi connectivity index (χ1) is 10.5. The van der Waals surface area contributed by atoms with E-state index in [9.17, 15) is 14.0 Å². The zero-order valence-corrected chi connectivity index (χ0v) is 12.9. The van der Waals surface area contributed by atoms with Crippen molar-refractivity contribution in [2.75, 3.05) is 7.11 Å². The third kappa shape index (κ3) is 5.71. The van der Waals surface area contributed by atoms with Crippen molar-refractivity contribution >= 4 is 11.9 Å². The van der Waals surface area contributed by atoms with Crippen LogP contribution in [0.15, 0.2) is 18.2 Å². The minimum atomic E-state index is -1.03. The van der Waals surface area contributed by atoms with Crippen molar-refractivity contribution in [2.24, 2.45) is 0 Å². The van der Waals surface area contributed by atoms with Crippen molar-refractivity contribution in [1.29, 1.82) is 0 Å². The van der Waals surface area contributed by atoms with Gasteiger partial charge >= 0.3 is 5.97 Å². The molecule has 5 nitrogen and oxygen atoms in total. The normalized spacial score (nSPS) is 11.8. The molecule has 1 amide bonds. The second-order valence-corrected chi connectivity index (χ2v) is 5.07. The molecule has 122 valence electrons. The Kier molecular flexibility index (Phi) is 7.36. The number of aliphatic carboxylic acids is 1. The van der Waals surface area contributed by atoms with Crippen molar-refractivity contribution in [3.8, 4) is 5.75 Å². The Morgan fingerprint density at radius 3 is 2.68 bits per heavy atom. The van der Waals surface area contributed by atoms with E-state index in [-0.39, 0.29) is 18.1 Å². The molecule has 0 aromatic heterocycles. The number of rotatable bonds is 9. The number of carbonyl (C=O) groups is 2. The Labute approximate surface area is 129 Å². The lowest BCUT2D eigenvalue weighted by Crippen LogP contribution is -2.40. The lowest BCUT2D eigenvalue weighted by Gasteiger charge is -2.14. The molecule has 0 spiro atoms. The van der Waals surface area contributed by atoms with Crippen molar-refractivity contribution in [2.45, 2.75) is 45.1 Å². The third-order valence-electron chi connectivity index (χ3n) is 3.34. The molecular formula is C16H22FNO4. The van der Waals surface area contributed by atoms with E-state index < -0.39 is 17.8 Å². The number of carboxylic acids is 1. The quantitative estimate of drug-likeness (QED) is 0.735. The summed E-state index contributed by atoms with van der Waals surface area (Å²) in [6.45, 7) is 1.96. The van der Waals surface area contributed by atoms with Gasteiger partial charge in [0.2, 0.25) is 5.91 Å². The Morgan fingerprint density at radius 1 is 1.41 bits per heavy atom. The number of unbranched alkanes of at least 4 members (excludes halogenated alkanes) is 1. The SMILES string of the molecule is CCCC[C@H](NC(=O)CCc1ccc(OC)c(F)c1)C(=O)O. The van der Waals surface area contributed by atoms with Gasteiger partial charge in [-0.1, -0.05) is 25.8 Å². The van der Waals surface area contributed by atoms with Crippen LogP contribution < -0.4 is 10.1 Å². The van der Waals surface area contributed by atoms with Crippen LogP contribution in [0.3, 0.4) is 0 Å². The molecular weight excluding hydrogens is 289 g/mol. The largest absolute Gasteiger partial charge is 0.494 e. The van der Waals surface area contributed by atoms with E-state index in [1.807, 2.05) is 6.92 Å². The van der Waals surface area contributed by atoms with Gasteiger partial charge < -0.3 is 15.2 Å². The fourth-order valence-corrected chi connectivity index (χ4v) is 2.06. The molecule has 1 atom stereocenters. The van der Waals surface area contributed by atoms with E-state index in [0.29, 0.717) is 18.4 Å². The molecule has 2 N–H and O–H groups in total. The number of nitrogens with one attached hydrogen (secondary N) is 1. The van der Waals surface area contributed by atoms with Crippen LogP contribution in [0.1, 0.15) is 38.2 Å². The van der Waals surface area contributed by atoms with Crippen LogP contribution in [-0.4, -0.2) is 30.1 Å². The van der Waals surface area contributed by atoms with Gasteiger partial charge in [-0.15, -0.1) is 0 Å². The predicted molar refractivity (Wildman–Crippen MR) is 80.4 cm³/mol. The highest BCUT2D eigenvalue weighted by molar-refractivity contribution is 5.83. The van der Waals surface area contributed by atoms with Crippen LogP contribution in [0.25, 0.3) is 0 Å². The molecule has 0 aliphatic carbocycles. The summed E-state index contributed by atoms with van der Waals surface area (Å²) in [6, 6.07) is 3.64. The second-order valence-electron chi connectivity index (χ2n) is 5.07. The van der Waals surface area contributed by atoms with E-state index in [2.05, 4.69) is 5.32 Å². The molecule has 0 heterocycles. The summed E-state index contributed by atoms with van der Waals surface area (Å²) >= 11 is 0. The number of hydrogen-bond acceptors (Lipinski definition) is 3. The number of ether oxygens (including phenoxy) is 1. The molecule has 1 aromatic rings. The molecule has 0 aliphatic heterocycles. The Morgan fingerprint density at radius 2 is 2.14 bits per heavy atom. The van der Waals surface area contributed by atoms with Crippen LogP contribution in [0.2, 0.25) is 0 Å². The van der Waals surface area contributed by atoms with Gasteiger partial charge in [0.15, 0.2) is 11.6 Å². The van der Waals surface area contributed by atoms with Gasteiger partial charge in [-0.3, -0.25) is 4.79 Å². The van der Waals surface area contributed by atoms with Gasteiger partial charge in [0.05, 0.1) is 7.11 Å². The summed E-state index contributed by atoms with van der Waals surface area (Å²) in [5.41, 5.74) is 0.661. The number of halogens is 1. The lowest BCUT2D eigenvalue weighted by molar-refractivity contribution is -0.142. The summed E-state index contributed by atoms with van der Waals surface area (Å²) in [5.74, 6) is -1.71. The number of methoxy groups -OCH3 is 1. The number of carboxylic acid groups (broad SMARTS) is 1. The smallest absolute Gasteiger partial charge is 0.326 e. The molecule has 0 bridgehead atoms. The predicted octanol–water partition coefficient (Wildman–Crippen LogP) is 2.53. The third-order valence-corrected chi connectivity index (χ3v) is 3.34. The minimum absolute atomic E-state index is 0.113.